The Hall–Kier alpha value is -2.98. The van der Waals surface area contributed by atoms with Crippen LogP contribution in [0.3, 0.4) is 0 Å². The minimum atomic E-state index is -4.54. The average molecular weight is 433 g/mol. The van der Waals surface area contributed by atoms with Gasteiger partial charge < -0.3 is 15.2 Å². The lowest BCUT2D eigenvalue weighted by Crippen LogP contribution is -2.40. The number of aryl methyl sites for hydroxylation is 1. The van der Waals surface area contributed by atoms with E-state index in [-0.39, 0.29) is 5.95 Å². The van der Waals surface area contributed by atoms with E-state index in [1.807, 2.05) is 19.2 Å². The van der Waals surface area contributed by atoms with E-state index >= 15 is 0 Å². The molecule has 0 saturated carbocycles. The molecular formula is C21H22F3N5O2. The number of aliphatic hydroxyl groups is 1. The van der Waals surface area contributed by atoms with E-state index in [2.05, 4.69) is 20.4 Å². The number of nitrogens with zero attached hydrogens (tertiary/aromatic N) is 4. The van der Waals surface area contributed by atoms with E-state index in [4.69, 9.17) is 4.74 Å². The third-order valence-electron chi connectivity index (χ3n) is 5.13. The number of anilines is 2. The van der Waals surface area contributed by atoms with Crippen molar-refractivity contribution in [3.8, 4) is 11.1 Å². The van der Waals surface area contributed by atoms with Crippen LogP contribution in [0.15, 0.2) is 42.9 Å². The molecule has 0 spiro atoms. The molecule has 1 aromatic carbocycles. The number of hydrogen-bond donors (Lipinski definition) is 2. The Balaban J connectivity index is 1.54. The first kappa shape index (κ1) is 21.3. The van der Waals surface area contributed by atoms with Crippen LogP contribution < -0.4 is 5.32 Å². The Kier molecular flexibility index (Phi) is 5.67. The van der Waals surface area contributed by atoms with Crippen molar-refractivity contribution in [2.45, 2.75) is 38.1 Å². The van der Waals surface area contributed by atoms with E-state index in [0.29, 0.717) is 38.3 Å². The highest BCUT2D eigenvalue weighted by Gasteiger charge is 2.33. The zero-order chi connectivity index (χ0) is 22.1. The Morgan fingerprint density at radius 2 is 1.97 bits per heavy atom. The molecule has 3 aromatic rings. The average Bonchev–Trinajstić information content (AvgIpc) is 3.15. The molecule has 1 saturated heterocycles. The third kappa shape index (κ3) is 5.20. The second-order valence-corrected chi connectivity index (χ2v) is 7.74. The fourth-order valence-corrected chi connectivity index (χ4v) is 3.54. The minimum absolute atomic E-state index is 0.135. The molecule has 3 heterocycles. The minimum Gasteiger partial charge on any atom is -0.388 e. The molecule has 31 heavy (non-hydrogen) atoms. The van der Waals surface area contributed by atoms with Gasteiger partial charge in [0.25, 0.3) is 0 Å². The van der Waals surface area contributed by atoms with Gasteiger partial charge in [-0.15, -0.1) is 0 Å². The smallest absolute Gasteiger partial charge is 0.388 e. The van der Waals surface area contributed by atoms with E-state index < -0.39 is 17.5 Å². The van der Waals surface area contributed by atoms with Crippen LogP contribution in [-0.4, -0.2) is 43.7 Å². The van der Waals surface area contributed by atoms with Crippen molar-refractivity contribution < 1.29 is 23.0 Å². The molecule has 0 atom stereocenters. The highest BCUT2D eigenvalue weighted by molar-refractivity contribution is 5.70. The molecule has 0 bridgehead atoms. The van der Waals surface area contributed by atoms with Gasteiger partial charge in [0.05, 0.1) is 18.3 Å². The van der Waals surface area contributed by atoms with Crippen LogP contribution in [0.2, 0.25) is 0 Å². The number of ether oxygens (including phenoxy) is 1. The zero-order valence-electron chi connectivity index (χ0n) is 16.9. The van der Waals surface area contributed by atoms with Crippen LogP contribution in [0.5, 0.6) is 0 Å². The molecule has 7 nitrogen and oxygen atoms in total. The summed E-state index contributed by atoms with van der Waals surface area (Å²) >= 11 is 0. The normalized spacial score (nSPS) is 16.3. The first-order valence-electron chi connectivity index (χ1n) is 9.82. The second kappa shape index (κ2) is 8.27. The summed E-state index contributed by atoms with van der Waals surface area (Å²) in [4.78, 5) is 7.43. The molecule has 1 aliphatic rings. The number of alkyl halides is 3. The number of benzene rings is 1. The number of rotatable bonds is 5. The molecule has 2 aromatic heterocycles. The third-order valence-corrected chi connectivity index (χ3v) is 5.13. The Bertz CT molecular complexity index is 1060. The fraction of sp³-hybridized carbons (Fsp3) is 0.381. The zero-order valence-corrected chi connectivity index (χ0v) is 16.9. The molecule has 1 fully saturated rings. The molecule has 4 rings (SSSR count). The van der Waals surface area contributed by atoms with Crippen LogP contribution in [-0.2, 0) is 17.5 Å². The first-order chi connectivity index (χ1) is 14.7. The Morgan fingerprint density at radius 3 is 2.71 bits per heavy atom. The van der Waals surface area contributed by atoms with Gasteiger partial charge in [-0.1, -0.05) is 6.07 Å². The standard InChI is InChI=1S/C21H22F3N5O2/c1-14-8-15(16-11-26-29(12-16)13-20(30)3-6-31-7-4-20)10-17(9-14)27-19-25-5-2-18(28-19)21(22,23)24/h2,5,8-12,30H,3-4,6-7,13H2,1H3,(H,25,27,28). The summed E-state index contributed by atoms with van der Waals surface area (Å²) < 4.78 is 45.7. The van der Waals surface area contributed by atoms with E-state index in [1.54, 1.807) is 23.0 Å². The molecule has 164 valence electrons. The van der Waals surface area contributed by atoms with Crippen molar-refractivity contribution in [1.29, 1.82) is 0 Å². The van der Waals surface area contributed by atoms with Crippen molar-refractivity contribution >= 4 is 11.6 Å². The lowest BCUT2D eigenvalue weighted by molar-refractivity contribution is -0.141. The monoisotopic (exact) mass is 433 g/mol. The van der Waals surface area contributed by atoms with Crippen molar-refractivity contribution in [1.82, 2.24) is 19.7 Å². The maximum absolute atomic E-state index is 12.9. The SMILES string of the molecule is Cc1cc(Nc2nccc(C(F)(F)F)n2)cc(-c2cnn(CC3(O)CCOCC3)c2)c1. The summed E-state index contributed by atoms with van der Waals surface area (Å²) in [7, 11) is 0. The summed E-state index contributed by atoms with van der Waals surface area (Å²) in [5, 5.41) is 17.9. The van der Waals surface area contributed by atoms with Crippen LogP contribution >= 0.6 is 0 Å². The number of aromatic nitrogens is 4. The lowest BCUT2D eigenvalue weighted by Gasteiger charge is -2.31. The van der Waals surface area contributed by atoms with Crippen LogP contribution in [0.4, 0.5) is 24.8 Å². The van der Waals surface area contributed by atoms with Crippen molar-refractivity contribution in [3.63, 3.8) is 0 Å². The maximum atomic E-state index is 12.9. The predicted molar refractivity (Wildman–Crippen MR) is 108 cm³/mol. The molecule has 0 aliphatic carbocycles. The summed E-state index contributed by atoms with van der Waals surface area (Å²) in [5.74, 6) is -0.135. The summed E-state index contributed by atoms with van der Waals surface area (Å²) in [6.45, 7) is 3.30. The molecule has 0 radical (unpaired) electrons. The van der Waals surface area contributed by atoms with Crippen molar-refractivity contribution in [2.75, 3.05) is 18.5 Å². The molecule has 0 amide bonds. The molecule has 2 N–H and O–H groups in total. The summed E-state index contributed by atoms with van der Waals surface area (Å²) in [6, 6.07) is 6.36. The van der Waals surface area contributed by atoms with Gasteiger partial charge in [-0.3, -0.25) is 4.68 Å². The lowest BCUT2D eigenvalue weighted by atomic mass is 9.94. The Morgan fingerprint density at radius 1 is 1.19 bits per heavy atom. The largest absolute Gasteiger partial charge is 0.433 e. The van der Waals surface area contributed by atoms with Gasteiger partial charge in [0.2, 0.25) is 5.95 Å². The quantitative estimate of drug-likeness (QED) is 0.634. The van der Waals surface area contributed by atoms with Crippen molar-refractivity contribution in [2.24, 2.45) is 0 Å². The number of hydrogen-bond acceptors (Lipinski definition) is 6. The first-order valence-corrected chi connectivity index (χ1v) is 9.82. The summed E-state index contributed by atoms with van der Waals surface area (Å²) in [6.07, 6.45) is 1.17. The molecule has 10 heteroatoms. The summed E-state index contributed by atoms with van der Waals surface area (Å²) in [5.41, 5.74) is 1.27. The van der Waals surface area contributed by atoms with Gasteiger partial charge >= 0.3 is 6.18 Å². The van der Waals surface area contributed by atoms with Gasteiger partial charge in [0.15, 0.2) is 0 Å². The fourth-order valence-electron chi connectivity index (χ4n) is 3.54. The topological polar surface area (TPSA) is 85.1 Å². The number of halogens is 3. The van der Waals surface area contributed by atoms with E-state index in [1.165, 1.54) is 0 Å². The van der Waals surface area contributed by atoms with Crippen LogP contribution in [0.1, 0.15) is 24.1 Å². The van der Waals surface area contributed by atoms with Gasteiger partial charge in [-0.25, -0.2) is 9.97 Å². The van der Waals surface area contributed by atoms with Gasteiger partial charge in [-0.2, -0.15) is 18.3 Å². The second-order valence-electron chi connectivity index (χ2n) is 7.74. The number of nitrogens with one attached hydrogen (secondary N) is 1. The van der Waals surface area contributed by atoms with Crippen LogP contribution in [0.25, 0.3) is 11.1 Å². The van der Waals surface area contributed by atoms with Gasteiger partial charge in [0, 0.05) is 49.7 Å². The maximum Gasteiger partial charge on any atom is 0.433 e. The highest BCUT2D eigenvalue weighted by Crippen LogP contribution is 2.30. The highest BCUT2D eigenvalue weighted by atomic mass is 19.4. The molecular weight excluding hydrogens is 411 g/mol. The molecule has 1 aliphatic heterocycles. The van der Waals surface area contributed by atoms with Gasteiger partial charge in [-0.05, 0) is 36.2 Å². The predicted octanol–water partition coefficient (Wildman–Crippen LogP) is 3.95. The van der Waals surface area contributed by atoms with Crippen LogP contribution in [0, 0.1) is 6.92 Å². The molecule has 0 unspecified atom stereocenters. The van der Waals surface area contributed by atoms with Gasteiger partial charge in [0.1, 0.15) is 5.69 Å². The van der Waals surface area contributed by atoms with E-state index in [0.717, 1.165) is 29.0 Å². The van der Waals surface area contributed by atoms with Crippen molar-refractivity contribution in [3.05, 3.63) is 54.1 Å². The Labute approximate surface area is 176 Å². The van der Waals surface area contributed by atoms with E-state index in [9.17, 15) is 18.3 Å².